The van der Waals surface area contributed by atoms with E-state index in [9.17, 15) is 13.2 Å². The van der Waals surface area contributed by atoms with Gasteiger partial charge in [-0.15, -0.1) is 0 Å². The maximum absolute atomic E-state index is 13.1. The Labute approximate surface area is 184 Å². The first-order chi connectivity index (χ1) is 14.9. The van der Waals surface area contributed by atoms with Crippen molar-refractivity contribution in [3.05, 3.63) is 53.3 Å². The predicted octanol–water partition coefficient (Wildman–Crippen LogP) is 1.89. The molecule has 2 aromatic rings. The van der Waals surface area contributed by atoms with Crippen molar-refractivity contribution in [3.63, 3.8) is 0 Å². The number of piperazine rings is 1. The number of aryl methyl sites for hydroxylation is 2. The molecule has 0 spiro atoms. The zero-order valence-electron chi connectivity index (χ0n) is 18.0. The van der Waals surface area contributed by atoms with Crippen LogP contribution in [0.1, 0.15) is 36.2 Å². The van der Waals surface area contributed by atoms with Crippen LogP contribution in [-0.2, 0) is 34.2 Å². The number of fused-ring (bicyclic) bond motifs is 2. The smallest absolute Gasteiger partial charge is 0.243 e. The summed E-state index contributed by atoms with van der Waals surface area (Å²) in [6.45, 7) is 5.85. The molecule has 0 saturated carbocycles. The Bertz CT molecular complexity index is 1090. The van der Waals surface area contributed by atoms with Crippen LogP contribution in [0.4, 0.5) is 0 Å². The van der Waals surface area contributed by atoms with Crippen molar-refractivity contribution >= 4 is 15.9 Å². The molecular formula is C23H30N4O3S. The number of nitrogens with zero attached hydrogens (tertiary/aromatic N) is 4. The second-order valence-electron chi connectivity index (χ2n) is 8.84. The van der Waals surface area contributed by atoms with Crippen LogP contribution in [0.3, 0.4) is 0 Å². The number of sulfonamides is 1. The summed E-state index contributed by atoms with van der Waals surface area (Å²) in [6, 6.07) is 9.93. The molecule has 1 aromatic heterocycles. The molecule has 3 heterocycles. The Morgan fingerprint density at radius 2 is 1.77 bits per heavy atom. The Morgan fingerprint density at radius 1 is 1.00 bits per heavy atom. The van der Waals surface area contributed by atoms with E-state index < -0.39 is 10.0 Å². The van der Waals surface area contributed by atoms with E-state index in [1.54, 1.807) is 6.07 Å². The molecule has 3 aliphatic rings. The van der Waals surface area contributed by atoms with Crippen LogP contribution in [0.2, 0.25) is 0 Å². The number of carbonyl (C=O) groups is 1. The van der Waals surface area contributed by atoms with Gasteiger partial charge in [-0.1, -0.05) is 6.07 Å². The summed E-state index contributed by atoms with van der Waals surface area (Å²) in [5.41, 5.74) is 3.68. The highest BCUT2D eigenvalue weighted by Crippen LogP contribution is 2.27. The zero-order valence-corrected chi connectivity index (χ0v) is 18.9. The Kier molecular flexibility index (Phi) is 5.40. The summed E-state index contributed by atoms with van der Waals surface area (Å²) in [4.78, 5) is 17.3. The molecule has 31 heavy (non-hydrogen) atoms. The maximum atomic E-state index is 13.1. The third-order valence-electron chi connectivity index (χ3n) is 7.11. The van der Waals surface area contributed by atoms with Crippen molar-refractivity contribution in [2.45, 2.75) is 43.7 Å². The standard InChI is InChI=1S/C23H30N4O3S/c1-18-22-6-3-9-24(22)10-11-26(18)17-23(28)25-12-14-27(15-13-25)31(29,30)21-8-7-19-4-2-5-20(19)16-21/h3,6-9,16,18H,2,4-5,10-15,17H2,1H3/t18-/m1/s1. The van der Waals surface area contributed by atoms with E-state index in [1.807, 2.05) is 17.0 Å². The lowest BCUT2D eigenvalue weighted by Gasteiger charge is -2.38. The van der Waals surface area contributed by atoms with Crippen LogP contribution in [0, 0.1) is 0 Å². The van der Waals surface area contributed by atoms with Gasteiger partial charge in [-0.25, -0.2) is 8.42 Å². The van der Waals surface area contributed by atoms with E-state index >= 15 is 0 Å². The number of aromatic nitrogens is 1. The summed E-state index contributed by atoms with van der Waals surface area (Å²) in [5, 5.41) is 0. The van der Waals surface area contributed by atoms with Crippen molar-refractivity contribution in [1.82, 2.24) is 18.7 Å². The zero-order chi connectivity index (χ0) is 21.6. The molecule has 0 unspecified atom stereocenters. The van der Waals surface area contributed by atoms with Crippen molar-refractivity contribution in [2.75, 3.05) is 39.3 Å². The van der Waals surface area contributed by atoms with E-state index in [0.29, 0.717) is 37.6 Å². The maximum Gasteiger partial charge on any atom is 0.243 e. The fraction of sp³-hybridized carbons (Fsp3) is 0.522. The predicted molar refractivity (Wildman–Crippen MR) is 118 cm³/mol. The summed E-state index contributed by atoms with van der Waals surface area (Å²) >= 11 is 0. The molecule has 1 aromatic carbocycles. The number of rotatable bonds is 4. The summed E-state index contributed by atoms with van der Waals surface area (Å²) in [6.07, 6.45) is 5.19. The first kappa shape index (κ1) is 20.7. The lowest BCUT2D eigenvalue weighted by Crippen LogP contribution is -2.53. The number of hydrogen-bond donors (Lipinski definition) is 0. The highest BCUT2D eigenvalue weighted by Gasteiger charge is 2.32. The summed E-state index contributed by atoms with van der Waals surface area (Å²) in [7, 11) is -3.51. The Hall–Kier alpha value is -2.16. The lowest BCUT2D eigenvalue weighted by atomic mass is 10.1. The SMILES string of the molecule is C[C@@H]1c2cccn2CCN1CC(=O)N1CCN(S(=O)(=O)c2ccc3c(c2)CCC3)CC1. The molecule has 0 radical (unpaired) electrons. The molecule has 0 bridgehead atoms. The minimum Gasteiger partial charge on any atom is -0.349 e. The number of hydrogen-bond acceptors (Lipinski definition) is 4. The van der Waals surface area contributed by atoms with E-state index in [1.165, 1.54) is 15.6 Å². The van der Waals surface area contributed by atoms with Crippen LogP contribution >= 0.6 is 0 Å². The summed E-state index contributed by atoms with van der Waals surface area (Å²) < 4.78 is 30.0. The van der Waals surface area contributed by atoms with E-state index in [-0.39, 0.29) is 11.9 Å². The number of benzene rings is 1. The fourth-order valence-electron chi connectivity index (χ4n) is 5.15. The van der Waals surface area contributed by atoms with Crippen molar-refractivity contribution in [1.29, 1.82) is 0 Å². The molecule has 166 valence electrons. The van der Waals surface area contributed by atoms with Gasteiger partial charge in [0.05, 0.1) is 11.4 Å². The molecule has 0 N–H and O–H groups in total. The number of amides is 1. The van der Waals surface area contributed by atoms with Gasteiger partial charge in [0, 0.05) is 57.2 Å². The second kappa shape index (κ2) is 8.07. The molecule has 8 heteroatoms. The molecule has 7 nitrogen and oxygen atoms in total. The van der Waals surface area contributed by atoms with E-state index in [0.717, 1.165) is 37.9 Å². The van der Waals surface area contributed by atoms with Gasteiger partial charge in [0.2, 0.25) is 15.9 Å². The first-order valence-electron chi connectivity index (χ1n) is 11.2. The highest BCUT2D eigenvalue weighted by molar-refractivity contribution is 7.89. The quantitative estimate of drug-likeness (QED) is 0.725. The van der Waals surface area contributed by atoms with Crippen LogP contribution in [-0.4, -0.2) is 72.3 Å². The highest BCUT2D eigenvalue weighted by atomic mass is 32.2. The van der Waals surface area contributed by atoms with Gasteiger partial charge >= 0.3 is 0 Å². The van der Waals surface area contributed by atoms with Crippen LogP contribution in [0.5, 0.6) is 0 Å². The van der Waals surface area contributed by atoms with Gasteiger partial charge in [-0.2, -0.15) is 4.31 Å². The number of carbonyl (C=O) groups excluding carboxylic acids is 1. The van der Waals surface area contributed by atoms with E-state index in [4.69, 9.17) is 0 Å². The third kappa shape index (κ3) is 3.81. The van der Waals surface area contributed by atoms with Gasteiger partial charge in [-0.05, 0) is 61.6 Å². The van der Waals surface area contributed by atoms with E-state index in [2.05, 4.69) is 34.7 Å². The fourth-order valence-corrected chi connectivity index (χ4v) is 6.63. The molecular weight excluding hydrogens is 412 g/mol. The molecule has 5 rings (SSSR count). The second-order valence-corrected chi connectivity index (χ2v) is 10.8. The van der Waals surface area contributed by atoms with Gasteiger partial charge in [-0.3, -0.25) is 9.69 Å². The Morgan fingerprint density at radius 3 is 2.58 bits per heavy atom. The van der Waals surface area contributed by atoms with Crippen LogP contribution in [0.15, 0.2) is 41.4 Å². The summed E-state index contributed by atoms with van der Waals surface area (Å²) in [5.74, 6) is 0.0847. The monoisotopic (exact) mass is 442 g/mol. The molecule has 1 amide bonds. The topological polar surface area (TPSA) is 65.9 Å². The van der Waals surface area contributed by atoms with Gasteiger partial charge < -0.3 is 9.47 Å². The van der Waals surface area contributed by atoms with Crippen molar-refractivity contribution < 1.29 is 13.2 Å². The van der Waals surface area contributed by atoms with Crippen molar-refractivity contribution in [3.8, 4) is 0 Å². The van der Waals surface area contributed by atoms with Crippen LogP contribution < -0.4 is 0 Å². The van der Waals surface area contributed by atoms with Crippen molar-refractivity contribution in [2.24, 2.45) is 0 Å². The Balaban J connectivity index is 1.20. The molecule has 1 saturated heterocycles. The third-order valence-corrected chi connectivity index (χ3v) is 9.00. The van der Waals surface area contributed by atoms with Crippen LogP contribution in [0.25, 0.3) is 0 Å². The molecule has 2 aliphatic heterocycles. The first-order valence-corrected chi connectivity index (χ1v) is 12.7. The largest absolute Gasteiger partial charge is 0.349 e. The van der Waals surface area contributed by atoms with Gasteiger partial charge in [0.15, 0.2) is 0 Å². The van der Waals surface area contributed by atoms with Gasteiger partial charge in [0.1, 0.15) is 0 Å². The normalized spacial score (nSPS) is 22.4. The molecule has 1 aliphatic carbocycles. The molecule has 1 atom stereocenters. The average molecular weight is 443 g/mol. The van der Waals surface area contributed by atoms with Gasteiger partial charge in [0.25, 0.3) is 0 Å². The molecule has 1 fully saturated rings. The minimum absolute atomic E-state index is 0.0847. The minimum atomic E-state index is -3.51. The average Bonchev–Trinajstić information content (AvgIpc) is 3.44. The lowest BCUT2D eigenvalue weighted by molar-refractivity contribution is -0.134.